The summed E-state index contributed by atoms with van der Waals surface area (Å²) in [4.78, 5) is 6.82. The Morgan fingerprint density at radius 1 is 1.06 bits per heavy atom. The fourth-order valence-electron chi connectivity index (χ4n) is 2.57. The molecule has 0 amide bonds. The minimum absolute atomic E-state index is 0.615. The molecule has 0 saturated carbocycles. The highest BCUT2D eigenvalue weighted by atomic mass is 15.1. The quantitative estimate of drug-likeness (QED) is 0.814. The summed E-state index contributed by atoms with van der Waals surface area (Å²) in [5.74, 6) is 0.615. The largest absolute Gasteiger partial charge is 0.384 e. The molecule has 88 valence electrons. The van der Waals surface area contributed by atoms with Gasteiger partial charge in [0.15, 0.2) is 0 Å². The Balaban J connectivity index is 2.13. The highest BCUT2D eigenvalue weighted by Gasteiger charge is 2.14. The first kappa shape index (κ1) is 10.4. The van der Waals surface area contributed by atoms with Gasteiger partial charge >= 0.3 is 0 Å². The fourth-order valence-corrected chi connectivity index (χ4v) is 2.57. The Labute approximate surface area is 101 Å². The average Bonchev–Trinajstić information content (AvgIpc) is 2.39. The number of anilines is 2. The van der Waals surface area contributed by atoms with Crippen LogP contribution in [0.2, 0.25) is 0 Å². The van der Waals surface area contributed by atoms with Crippen LogP contribution in [0.4, 0.5) is 11.5 Å². The first-order valence-corrected chi connectivity index (χ1v) is 6.25. The maximum Gasteiger partial charge on any atom is 0.126 e. The van der Waals surface area contributed by atoms with Crippen molar-refractivity contribution in [2.24, 2.45) is 0 Å². The Kier molecular flexibility index (Phi) is 2.59. The Bertz CT molecular complexity index is 530. The van der Waals surface area contributed by atoms with Gasteiger partial charge in [0, 0.05) is 30.2 Å². The van der Waals surface area contributed by atoms with E-state index in [1.807, 2.05) is 18.2 Å². The van der Waals surface area contributed by atoms with E-state index in [1.165, 1.54) is 30.3 Å². The molecule has 1 aliphatic rings. The lowest BCUT2D eigenvalue weighted by Crippen LogP contribution is -2.29. The molecular formula is C14H17N3. The molecule has 3 nitrogen and oxygen atoms in total. The number of nitrogen functional groups attached to an aromatic ring is 1. The van der Waals surface area contributed by atoms with E-state index in [1.54, 1.807) is 0 Å². The van der Waals surface area contributed by atoms with E-state index in [9.17, 15) is 0 Å². The highest BCUT2D eigenvalue weighted by molar-refractivity contribution is 5.93. The summed E-state index contributed by atoms with van der Waals surface area (Å²) in [6, 6.07) is 10.2. The highest BCUT2D eigenvalue weighted by Crippen LogP contribution is 2.29. The van der Waals surface area contributed by atoms with Crippen molar-refractivity contribution in [2.75, 3.05) is 23.7 Å². The molecule has 0 atom stereocenters. The summed E-state index contributed by atoms with van der Waals surface area (Å²) in [6.45, 7) is 2.26. The first-order chi connectivity index (χ1) is 8.34. The van der Waals surface area contributed by atoms with Crippen molar-refractivity contribution in [2.45, 2.75) is 19.3 Å². The Morgan fingerprint density at radius 2 is 1.82 bits per heavy atom. The number of rotatable bonds is 1. The minimum atomic E-state index is 0.615. The molecule has 17 heavy (non-hydrogen) atoms. The van der Waals surface area contributed by atoms with E-state index in [-0.39, 0.29) is 0 Å². The lowest BCUT2D eigenvalue weighted by molar-refractivity contribution is 0.579. The number of hydrogen-bond donors (Lipinski definition) is 1. The predicted molar refractivity (Wildman–Crippen MR) is 72.2 cm³/mol. The maximum atomic E-state index is 5.89. The third-order valence-electron chi connectivity index (χ3n) is 3.41. The first-order valence-electron chi connectivity index (χ1n) is 6.25. The van der Waals surface area contributed by atoms with Crippen LogP contribution in [0, 0.1) is 0 Å². The van der Waals surface area contributed by atoms with E-state index in [0.29, 0.717) is 5.82 Å². The van der Waals surface area contributed by atoms with Crippen molar-refractivity contribution in [3.05, 3.63) is 30.3 Å². The third kappa shape index (κ3) is 1.93. The lowest BCUT2D eigenvalue weighted by Gasteiger charge is -2.29. The molecule has 1 aromatic heterocycles. The molecule has 0 aliphatic carbocycles. The topological polar surface area (TPSA) is 42.1 Å². The van der Waals surface area contributed by atoms with Crippen LogP contribution < -0.4 is 10.6 Å². The summed E-state index contributed by atoms with van der Waals surface area (Å²) >= 11 is 0. The van der Waals surface area contributed by atoms with E-state index in [0.717, 1.165) is 18.6 Å². The van der Waals surface area contributed by atoms with Crippen molar-refractivity contribution < 1.29 is 0 Å². The SMILES string of the molecule is Nc1cc(N2CCCCC2)c2ccccc2n1. The number of para-hydroxylation sites is 1. The van der Waals surface area contributed by atoms with Crippen molar-refractivity contribution in [3.8, 4) is 0 Å². The molecule has 1 aliphatic heterocycles. The average molecular weight is 227 g/mol. The number of benzene rings is 1. The summed E-state index contributed by atoms with van der Waals surface area (Å²) in [7, 11) is 0. The molecule has 1 aromatic carbocycles. The number of fused-ring (bicyclic) bond motifs is 1. The number of piperidine rings is 1. The molecule has 0 spiro atoms. The van der Waals surface area contributed by atoms with Crippen LogP contribution in [0.3, 0.4) is 0 Å². The fraction of sp³-hybridized carbons (Fsp3) is 0.357. The predicted octanol–water partition coefficient (Wildman–Crippen LogP) is 2.81. The molecule has 1 saturated heterocycles. The summed E-state index contributed by atoms with van der Waals surface area (Å²) in [5, 5.41) is 1.21. The van der Waals surface area contributed by atoms with Crippen LogP contribution in [-0.2, 0) is 0 Å². The van der Waals surface area contributed by atoms with Gasteiger partial charge in [-0.2, -0.15) is 0 Å². The van der Waals surface area contributed by atoms with Gasteiger partial charge in [-0.1, -0.05) is 18.2 Å². The smallest absolute Gasteiger partial charge is 0.126 e. The van der Waals surface area contributed by atoms with Crippen molar-refractivity contribution in [3.63, 3.8) is 0 Å². The molecule has 0 bridgehead atoms. The van der Waals surface area contributed by atoms with Gasteiger partial charge in [-0.05, 0) is 25.3 Å². The summed E-state index contributed by atoms with van der Waals surface area (Å²) in [5.41, 5.74) is 8.13. The standard InChI is InChI=1S/C14H17N3/c15-14-10-13(17-8-4-1-5-9-17)11-6-2-3-7-12(11)16-14/h2-3,6-7,10H,1,4-5,8-9H2,(H2,15,16). The second kappa shape index (κ2) is 4.24. The van der Waals surface area contributed by atoms with E-state index in [4.69, 9.17) is 5.73 Å². The van der Waals surface area contributed by atoms with E-state index >= 15 is 0 Å². The molecule has 2 heterocycles. The maximum absolute atomic E-state index is 5.89. The van der Waals surface area contributed by atoms with Gasteiger partial charge in [-0.15, -0.1) is 0 Å². The van der Waals surface area contributed by atoms with Crippen LogP contribution in [0.25, 0.3) is 10.9 Å². The minimum Gasteiger partial charge on any atom is -0.384 e. The van der Waals surface area contributed by atoms with E-state index < -0.39 is 0 Å². The van der Waals surface area contributed by atoms with Crippen LogP contribution in [0.5, 0.6) is 0 Å². The Hall–Kier alpha value is -1.77. The summed E-state index contributed by atoms with van der Waals surface area (Å²) in [6.07, 6.45) is 3.89. The zero-order chi connectivity index (χ0) is 11.7. The molecule has 3 rings (SSSR count). The van der Waals surface area contributed by atoms with Gasteiger partial charge in [0.25, 0.3) is 0 Å². The van der Waals surface area contributed by atoms with Gasteiger partial charge in [0.2, 0.25) is 0 Å². The molecule has 1 fully saturated rings. The molecule has 2 aromatic rings. The molecule has 0 radical (unpaired) electrons. The van der Waals surface area contributed by atoms with Crippen molar-refractivity contribution >= 4 is 22.4 Å². The molecule has 3 heteroatoms. The van der Waals surface area contributed by atoms with Gasteiger partial charge in [0.05, 0.1) is 5.52 Å². The summed E-state index contributed by atoms with van der Waals surface area (Å²) < 4.78 is 0. The van der Waals surface area contributed by atoms with Crippen molar-refractivity contribution in [1.29, 1.82) is 0 Å². The van der Waals surface area contributed by atoms with E-state index in [2.05, 4.69) is 22.0 Å². The second-order valence-electron chi connectivity index (χ2n) is 4.63. The van der Waals surface area contributed by atoms with Gasteiger partial charge in [-0.3, -0.25) is 0 Å². The zero-order valence-electron chi connectivity index (χ0n) is 9.89. The third-order valence-corrected chi connectivity index (χ3v) is 3.41. The van der Waals surface area contributed by atoms with Crippen LogP contribution in [0.1, 0.15) is 19.3 Å². The molecule has 2 N–H and O–H groups in total. The van der Waals surface area contributed by atoms with Gasteiger partial charge in [-0.25, -0.2) is 4.98 Å². The van der Waals surface area contributed by atoms with Crippen LogP contribution in [-0.4, -0.2) is 18.1 Å². The monoisotopic (exact) mass is 227 g/mol. The normalized spacial score (nSPS) is 16.4. The zero-order valence-corrected chi connectivity index (χ0v) is 9.89. The number of pyridine rings is 1. The number of aromatic nitrogens is 1. The lowest BCUT2D eigenvalue weighted by atomic mass is 10.1. The van der Waals surface area contributed by atoms with Crippen LogP contribution >= 0.6 is 0 Å². The number of nitrogens with two attached hydrogens (primary N) is 1. The Morgan fingerprint density at radius 3 is 2.65 bits per heavy atom. The second-order valence-corrected chi connectivity index (χ2v) is 4.63. The number of hydrogen-bond acceptors (Lipinski definition) is 3. The molecule has 0 unspecified atom stereocenters. The van der Waals surface area contributed by atoms with Gasteiger partial charge in [0.1, 0.15) is 5.82 Å². The molecular weight excluding hydrogens is 210 g/mol. The van der Waals surface area contributed by atoms with Gasteiger partial charge < -0.3 is 10.6 Å². The van der Waals surface area contributed by atoms with Crippen LogP contribution in [0.15, 0.2) is 30.3 Å². The number of nitrogens with zero attached hydrogens (tertiary/aromatic N) is 2. The van der Waals surface area contributed by atoms with Crippen molar-refractivity contribution in [1.82, 2.24) is 4.98 Å².